The molecule has 0 bridgehead atoms. The van der Waals surface area contributed by atoms with Crippen LogP contribution >= 0.6 is 0 Å². The molecule has 1 aliphatic rings. The molecule has 0 saturated carbocycles. The molecule has 17 heavy (non-hydrogen) atoms. The van der Waals surface area contributed by atoms with Crippen molar-refractivity contribution < 1.29 is 0 Å². The highest BCUT2D eigenvalue weighted by molar-refractivity contribution is 5.15. The summed E-state index contributed by atoms with van der Waals surface area (Å²) in [5.41, 5.74) is 0. The van der Waals surface area contributed by atoms with Gasteiger partial charge in [0.15, 0.2) is 0 Å². The lowest BCUT2D eigenvalue weighted by atomic mass is 10.1. The van der Waals surface area contributed by atoms with Crippen LogP contribution in [0.5, 0.6) is 0 Å². The second-order valence-electron chi connectivity index (χ2n) is 4.68. The van der Waals surface area contributed by atoms with Crippen molar-refractivity contribution >= 4 is 0 Å². The maximum Gasteiger partial charge on any atom is -0.0348 e. The van der Waals surface area contributed by atoms with Crippen LogP contribution in [0.1, 0.15) is 57.8 Å². The molecule has 1 aliphatic carbocycles. The number of hydrogen-bond acceptors (Lipinski definition) is 0. The molecular weight excluding hydrogens is 204 g/mol. The van der Waals surface area contributed by atoms with Crippen molar-refractivity contribution in [1.82, 2.24) is 0 Å². The third-order valence-electron chi connectivity index (χ3n) is 3.07. The summed E-state index contributed by atoms with van der Waals surface area (Å²) in [6, 6.07) is 0. The second-order valence-corrected chi connectivity index (χ2v) is 4.68. The largest absolute Gasteiger partial charge is 0.0845 e. The van der Waals surface area contributed by atoms with Crippen LogP contribution < -0.4 is 0 Å². The molecule has 0 heterocycles. The molecule has 0 saturated heterocycles. The normalized spacial score (nSPS) is 25.9. The maximum atomic E-state index is 2.28. The predicted molar refractivity (Wildman–Crippen MR) is 78.1 cm³/mol. The van der Waals surface area contributed by atoms with Crippen molar-refractivity contribution in [3.63, 3.8) is 0 Å². The molecule has 0 atom stereocenters. The fourth-order valence-electron chi connectivity index (χ4n) is 2.01. The molecule has 0 aromatic carbocycles. The highest BCUT2D eigenvalue weighted by Crippen LogP contribution is 2.10. The van der Waals surface area contributed by atoms with Crippen molar-refractivity contribution in [1.29, 1.82) is 0 Å². The van der Waals surface area contributed by atoms with E-state index in [-0.39, 0.29) is 0 Å². The lowest BCUT2D eigenvalue weighted by Gasteiger charge is -1.99. The molecule has 0 spiro atoms. The Morgan fingerprint density at radius 2 is 0.706 bits per heavy atom. The molecular formula is C17H26. The minimum Gasteiger partial charge on any atom is -0.0845 e. The zero-order valence-corrected chi connectivity index (χ0v) is 11.0. The van der Waals surface area contributed by atoms with Gasteiger partial charge in [0, 0.05) is 0 Å². The Labute approximate surface area is 107 Å². The van der Waals surface area contributed by atoms with Gasteiger partial charge < -0.3 is 0 Å². The monoisotopic (exact) mass is 230 g/mol. The lowest BCUT2D eigenvalue weighted by Crippen LogP contribution is -1.80. The van der Waals surface area contributed by atoms with Gasteiger partial charge in [0.2, 0.25) is 0 Å². The van der Waals surface area contributed by atoms with E-state index >= 15 is 0 Å². The van der Waals surface area contributed by atoms with Crippen LogP contribution in [0.2, 0.25) is 0 Å². The fourth-order valence-corrected chi connectivity index (χ4v) is 2.01. The van der Waals surface area contributed by atoms with Crippen LogP contribution in [0, 0.1) is 0 Å². The van der Waals surface area contributed by atoms with Gasteiger partial charge in [-0.1, -0.05) is 80.7 Å². The van der Waals surface area contributed by atoms with E-state index in [0.717, 1.165) is 0 Å². The lowest BCUT2D eigenvalue weighted by molar-refractivity contribution is 0.583. The van der Waals surface area contributed by atoms with E-state index in [2.05, 4.69) is 48.6 Å². The summed E-state index contributed by atoms with van der Waals surface area (Å²) in [7, 11) is 0. The molecule has 0 fully saturated rings. The van der Waals surface area contributed by atoms with Crippen LogP contribution in [-0.4, -0.2) is 0 Å². The maximum absolute atomic E-state index is 2.28. The minimum absolute atomic E-state index is 1.23. The van der Waals surface area contributed by atoms with Gasteiger partial charge in [-0.25, -0.2) is 0 Å². The highest BCUT2D eigenvalue weighted by atomic mass is 14.0. The van der Waals surface area contributed by atoms with Gasteiger partial charge in [0.25, 0.3) is 0 Å². The molecule has 0 unspecified atom stereocenters. The Hall–Kier alpha value is -1.04. The predicted octanol–water partition coefficient (Wildman–Crippen LogP) is 5.74. The van der Waals surface area contributed by atoms with Crippen molar-refractivity contribution in [3.05, 3.63) is 48.6 Å². The van der Waals surface area contributed by atoms with E-state index in [1.54, 1.807) is 0 Å². The summed E-state index contributed by atoms with van der Waals surface area (Å²) < 4.78 is 0. The summed E-state index contributed by atoms with van der Waals surface area (Å²) in [6.45, 7) is 0. The summed E-state index contributed by atoms with van der Waals surface area (Å²) in [5, 5.41) is 0. The first-order chi connectivity index (χ1) is 8.50. The molecule has 1 rings (SSSR count). The summed E-state index contributed by atoms with van der Waals surface area (Å²) in [5.74, 6) is 0. The molecule has 94 valence electrons. The Balaban J connectivity index is 2.29. The molecule has 0 nitrogen and oxygen atoms in total. The van der Waals surface area contributed by atoms with Crippen molar-refractivity contribution in [2.24, 2.45) is 0 Å². The average Bonchev–Trinajstić information content (AvgIpc) is 2.35. The quantitative estimate of drug-likeness (QED) is 0.498. The van der Waals surface area contributed by atoms with Crippen molar-refractivity contribution in [2.45, 2.75) is 57.8 Å². The summed E-state index contributed by atoms with van der Waals surface area (Å²) >= 11 is 0. The van der Waals surface area contributed by atoms with Gasteiger partial charge in [0.05, 0.1) is 0 Å². The third-order valence-corrected chi connectivity index (χ3v) is 3.07. The van der Waals surface area contributed by atoms with Gasteiger partial charge in [-0.05, 0) is 25.7 Å². The SMILES string of the molecule is C1=CCCCCCCCCC/C=C/C=C\C=C\1. The van der Waals surface area contributed by atoms with E-state index in [4.69, 9.17) is 0 Å². The molecule has 0 radical (unpaired) electrons. The molecule has 0 aliphatic heterocycles. The first kappa shape index (κ1) is 14.0. The zero-order valence-electron chi connectivity index (χ0n) is 11.0. The Kier molecular flexibility index (Phi) is 9.44. The van der Waals surface area contributed by atoms with Crippen LogP contribution in [0.3, 0.4) is 0 Å². The Morgan fingerprint density at radius 3 is 1.18 bits per heavy atom. The van der Waals surface area contributed by atoms with Crippen LogP contribution in [0.15, 0.2) is 48.6 Å². The topological polar surface area (TPSA) is 0 Å². The average molecular weight is 230 g/mol. The summed E-state index contributed by atoms with van der Waals surface area (Å²) in [4.78, 5) is 0. The van der Waals surface area contributed by atoms with Gasteiger partial charge in [-0.2, -0.15) is 0 Å². The van der Waals surface area contributed by atoms with E-state index in [1.165, 1.54) is 57.8 Å². The summed E-state index contributed by atoms with van der Waals surface area (Å²) in [6.07, 6.45) is 29.5. The number of hydrogen-bond donors (Lipinski definition) is 0. The fraction of sp³-hybridized carbons (Fsp3) is 0.529. The highest BCUT2D eigenvalue weighted by Gasteiger charge is 1.90. The van der Waals surface area contributed by atoms with Gasteiger partial charge in [0.1, 0.15) is 0 Å². The molecule has 0 aromatic rings. The smallest absolute Gasteiger partial charge is 0.0348 e. The van der Waals surface area contributed by atoms with Crippen LogP contribution in [0.25, 0.3) is 0 Å². The van der Waals surface area contributed by atoms with E-state index in [1.807, 2.05) is 0 Å². The number of rotatable bonds is 0. The van der Waals surface area contributed by atoms with Crippen molar-refractivity contribution in [3.8, 4) is 0 Å². The van der Waals surface area contributed by atoms with E-state index < -0.39 is 0 Å². The molecule has 0 N–H and O–H groups in total. The van der Waals surface area contributed by atoms with Crippen LogP contribution in [-0.2, 0) is 0 Å². The van der Waals surface area contributed by atoms with Crippen LogP contribution in [0.4, 0.5) is 0 Å². The van der Waals surface area contributed by atoms with Gasteiger partial charge >= 0.3 is 0 Å². The Morgan fingerprint density at radius 1 is 0.353 bits per heavy atom. The van der Waals surface area contributed by atoms with Gasteiger partial charge in [-0.3, -0.25) is 0 Å². The second kappa shape index (κ2) is 11.4. The number of allylic oxidation sites excluding steroid dienone is 8. The first-order valence-corrected chi connectivity index (χ1v) is 7.15. The Bertz CT molecular complexity index is 238. The van der Waals surface area contributed by atoms with Crippen molar-refractivity contribution in [2.75, 3.05) is 0 Å². The molecule has 0 heteroatoms. The minimum atomic E-state index is 1.23. The third kappa shape index (κ3) is 9.86. The molecule has 0 amide bonds. The van der Waals surface area contributed by atoms with E-state index in [9.17, 15) is 0 Å². The first-order valence-electron chi connectivity index (χ1n) is 7.15. The van der Waals surface area contributed by atoms with Gasteiger partial charge in [-0.15, -0.1) is 0 Å². The zero-order chi connectivity index (χ0) is 12.0. The molecule has 0 aromatic heterocycles. The standard InChI is InChI=1S/C17H26/c1-2-4-6-8-10-12-14-16-17-15-13-11-9-7-5-3-1/h1-8H,9-17H2/b3-1-,4-2+,7-5+,8-6?. The van der Waals surface area contributed by atoms with E-state index in [0.29, 0.717) is 0 Å².